The molecule has 1 N–H and O–H groups in total. The van der Waals surface area contributed by atoms with Crippen LogP contribution < -0.4 is 5.32 Å². The molecule has 0 radical (unpaired) electrons. The molecule has 1 aliphatic rings. The molecule has 5 aromatic rings. The van der Waals surface area contributed by atoms with Gasteiger partial charge in [0, 0.05) is 28.6 Å². The van der Waals surface area contributed by atoms with Gasteiger partial charge in [0.2, 0.25) is 0 Å². The zero-order chi connectivity index (χ0) is 23.9. The van der Waals surface area contributed by atoms with Crippen molar-refractivity contribution in [1.82, 2.24) is 9.78 Å². The smallest absolute Gasteiger partial charge is 0.259 e. The molecule has 0 saturated carbocycles. The van der Waals surface area contributed by atoms with Crippen LogP contribution in [0.4, 0.5) is 10.1 Å². The van der Waals surface area contributed by atoms with E-state index in [4.69, 9.17) is 0 Å². The standard InChI is InChI=1S/C29H18FN3O2/c30-19-12-10-18(11-13-19)27-26(17-33(32-27)21-6-2-1-3-7-21)29(35)31-20-14-15-23-22-8-4-5-9-24(22)28(34)25(23)16-20/h1-17H,(H,31,35). The van der Waals surface area contributed by atoms with E-state index in [2.05, 4.69) is 10.4 Å². The van der Waals surface area contributed by atoms with Crippen LogP contribution in [-0.4, -0.2) is 21.5 Å². The number of carbonyl (C=O) groups is 2. The van der Waals surface area contributed by atoms with Crippen LogP contribution in [0, 0.1) is 5.82 Å². The van der Waals surface area contributed by atoms with E-state index in [0.717, 1.165) is 16.8 Å². The molecule has 0 aliphatic heterocycles. The largest absolute Gasteiger partial charge is 0.322 e. The minimum Gasteiger partial charge on any atom is -0.322 e. The number of halogens is 1. The van der Waals surface area contributed by atoms with Crippen LogP contribution in [0.15, 0.2) is 103 Å². The molecule has 6 heteroatoms. The molecular formula is C29H18FN3O2. The monoisotopic (exact) mass is 459 g/mol. The average molecular weight is 459 g/mol. The number of ketones is 1. The first-order valence-corrected chi connectivity index (χ1v) is 11.1. The molecule has 1 aliphatic carbocycles. The van der Waals surface area contributed by atoms with Gasteiger partial charge >= 0.3 is 0 Å². The van der Waals surface area contributed by atoms with Crippen LogP contribution in [0.3, 0.4) is 0 Å². The van der Waals surface area contributed by atoms with E-state index in [1.165, 1.54) is 12.1 Å². The Bertz CT molecular complexity index is 1610. The van der Waals surface area contributed by atoms with E-state index < -0.39 is 0 Å². The first-order chi connectivity index (χ1) is 17.1. The lowest BCUT2D eigenvalue weighted by atomic mass is 10.0. The van der Waals surface area contributed by atoms with Gasteiger partial charge in [0.1, 0.15) is 11.5 Å². The summed E-state index contributed by atoms with van der Waals surface area (Å²) in [6, 6.07) is 28.1. The van der Waals surface area contributed by atoms with Crippen LogP contribution in [0.25, 0.3) is 28.1 Å². The normalized spacial score (nSPS) is 11.7. The number of anilines is 1. The van der Waals surface area contributed by atoms with Gasteiger partial charge in [-0.1, -0.05) is 48.5 Å². The lowest BCUT2D eigenvalue weighted by molar-refractivity contribution is 0.102. The Labute approximate surface area is 200 Å². The first kappa shape index (κ1) is 20.7. The van der Waals surface area contributed by atoms with Crippen LogP contribution in [-0.2, 0) is 0 Å². The summed E-state index contributed by atoms with van der Waals surface area (Å²) >= 11 is 0. The minimum atomic E-state index is -0.380. The van der Waals surface area contributed by atoms with Gasteiger partial charge in [0.15, 0.2) is 5.78 Å². The predicted molar refractivity (Wildman–Crippen MR) is 132 cm³/mol. The minimum absolute atomic E-state index is 0.0596. The molecule has 6 rings (SSSR count). The molecular weight excluding hydrogens is 441 g/mol. The number of aromatic nitrogens is 2. The second kappa shape index (κ2) is 8.18. The fraction of sp³-hybridized carbons (Fsp3) is 0. The number of fused-ring (bicyclic) bond motifs is 3. The SMILES string of the molecule is O=C1c2ccccc2-c2ccc(NC(=O)c3cn(-c4ccccc4)nc3-c3ccc(F)cc3)cc21. The second-order valence-corrected chi connectivity index (χ2v) is 8.27. The van der Waals surface area contributed by atoms with Crippen LogP contribution in [0.5, 0.6) is 0 Å². The summed E-state index contributed by atoms with van der Waals surface area (Å²) in [5, 5.41) is 7.52. The van der Waals surface area contributed by atoms with Crippen molar-refractivity contribution in [3.05, 3.63) is 126 Å². The maximum Gasteiger partial charge on any atom is 0.259 e. The van der Waals surface area contributed by atoms with E-state index in [0.29, 0.717) is 33.6 Å². The highest BCUT2D eigenvalue weighted by atomic mass is 19.1. The Balaban J connectivity index is 1.37. The predicted octanol–water partition coefficient (Wildman–Crippen LogP) is 6.14. The highest BCUT2D eigenvalue weighted by Crippen LogP contribution is 2.37. The number of carbonyl (C=O) groups excluding carboxylic acids is 2. The lowest BCUT2D eigenvalue weighted by Gasteiger charge is -2.08. The van der Waals surface area contributed by atoms with Crippen molar-refractivity contribution < 1.29 is 14.0 Å². The Morgan fingerprint density at radius 1 is 0.771 bits per heavy atom. The van der Waals surface area contributed by atoms with Crippen molar-refractivity contribution in [2.45, 2.75) is 0 Å². The molecule has 0 unspecified atom stereocenters. The quantitative estimate of drug-likeness (QED) is 0.344. The molecule has 4 aromatic carbocycles. The zero-order valence-corrected chi connectivity index (χ0v) is 18.4. The van der Waals surface area contributed by atoms with E-state index >= 15 is 0 Å². The number of para-hydroxylation sites is 1. The summed E-state index contributed by atoms with van der Waals surface area (Å²) < 4.78 is 15.1. The third kappa shape index (κ3) is 3.61. The van der Waals surface area contributed by atoms with Gasteiger partial charge in [-0.15, -0.1) is 0 Å². The number of nitrogens with one attached hydrogen (secondary N) is 1. The summed E-state index contributed by atoms with van der Waals surface area (Å²) in [6.45, 7) is 0. The molecule has 35 heavy (non-hydrogen) atoms. The van der Waals surface area contributed by atoms with Crippen molar-refractivity contribution in [3.63, 3.8) is 0 Å². The number of amides is 1. The summed E-state index contributed by atoms with van der Waals surface area (Å²) in [6.07, 6.45) is 1.65. The van der Waals surface area contributed by atoms with Crippen molar-refractivity contribution >= 4 is 17.4 Å². The summed E-state index contributed by atoms with van der Waals surface area (Å²) in [4.78, 5) is 26.3. The fourth-order valence-corrected chi connectivity index (χ4v) is 4.38. The Kier molecular flexibility index (Phi) is 4.85. The van der Waals surface area contributed by atoms with Crippen molar-refractivity contribution in [1.29, 1.82) is 0 Å². The number of hydrogen-bond acceptors (Lipinski definition) is 3. The summed E-state index contributed by atoms with van der Waals surface area (Å²) in [7, 11) is 0. The molecule has 0 saturated heterocycles. The first-order valence-electron chi connectivity index (χ1n) is 11.1. The van der Waals surface area contributed by atoms with Crippen molar-refractivity contribution in [2.75, 3.05) is 5.32 Å². The summed E-state index contributed by atoms with van der Waals surface area (Å²) in [5.41, 5.74) is 5.64. The molecule has 168 valence electrons. The number of hydrogen-bond donors (Lipinski definition) is 1. The molecule has 0 bridgehead atoms. The Morgan fingerprint density at radius 2 is 1.46 bits per heavy atom. The van der Waals surface area contributed by atoms with E-state index in [9.17, 15) is 14.0 Å². The van der Waals surface area contributed by atoms with Gasteiger partial charge in [-0.25, -0.2) is 9.07 Å². The number of nitrogens with zero attached hydrogens (tertiary/aromatic N) is 2. The average Bonchev–Trinajstić information content (AvgIpc) is 3.46. The van der Waals surface area contributed by atoms with Crippen LogP contribution >= 0.6 is 0 Å². The fourth-order valence-electron chi connectivity index (χ4n) is 4.38. The maximum atomic E-state index is 13.5. The van der Waals surface area contributed by atoms with Gasteiger partial charge in [0.25, 0.3) is 5.91 Å². The molecule has 0 fully saturated rings. The van der Waals surface area contributed by atoms with E-state index in [1.807, 2.05) is 60.7 Å². The van der Waals surface area contributed by atoms with E-state index in [1.54, 1.807) is 35.1 Å². The van der Waals surface area contributed by atoms with Gasteiger partial charge in [-0.05, 0) is 59.7 Å². The Hall–Kier alpha value is -4.84. The van der Waals surface area contributed by atoms with Gasteiger partial charge < -0.3 is 5.32 Å². The van der Waals surface area contributed by atoms with Gasteiger partial charge in [0.05, 0.1) is 11.3 Å². The lowest BCUT2D eigenvalue weighted by Crippen LogP contribution is -2.12. The third-order valence-corrected chi connectivity index (χ3v) is 6.08. The van der Waals surface area contributed by atoms with Crippen molar-refractivity contribution in [3.8, 4) is 28.1 Å². The van der Waals surface area contributed by atoms with Crippen LogP contribution in [0.1, 0.15) is 26.3 Å². The third-order valence-electron chi connectivity index (χ3n) is 6.08. The maximum absolute atomic E-state index is 13.5. The summed E-state index contributed by atoms with van der Waals surface area (Å²) in [5.74, 6) is -0.809. The van der Waals surface area contributed by atoms with Crippen molar-refractivity contribution in [2.24, 2.45) is 0 Å². The molecule has 1 heterocycles. The van der Waals surface area contributed by atoms with Crippen LogP contribution in [0.2, 0.25) is 0 Å². The van der Waals surface area contributed by atoms with Gasteiger partial charge in [-0.2, -0.15) is 5.10 Å². The van der Waals surface area contributed by atoms with Gasteiger partial charge in [-0.3, -0.25) is 9.59 Å². The molecule has 0 atom stereocenters. The zero-order valence-electron chi connectivity index (χ0n) is 18.4. The topological polar surface area (TPSA) is 64.0 Å². The molecule has 0 spiro atoms. The highest BCUT2D eigenvalue weighted by molar-refractivity contribution is 6.22. The molecule has 1 amide bonds. The van der Waals surface area contributed by atoms with E-state index in [-0.39, 0.29) is 17.5 Å². The Morgan fingerprint density at radius 3 is 2.23 bits per heavy atom. The molecule has 5 nitrogen and oxygen atoms in total. The highest BCUT2D eigenvalue weighted by Gasteiger charge is 2.27. The number of rotatable bonds is 4. The molecule has 1 aromatic heterocycles. The second-order valence-electron chi connectivity index (χ2n) is 8.27. The number of benzene rings is 4.